The Kier molecular flexibility index (Phi) is 7.37. The smallest absolute Gasteiger partial charge is 0.280 e. The first-order valence-electron chi connectivity index (χ1n) is 10.2. The lowest BCUT2D eigenvalue weighted by Gasteiger charge is -2.17. The number of halogens is 3. The number of nitrogens with zero attached hydrogens (tertiary/aromatic N) is 3. The number of ether oxygens (including phenoxy) is 1. The first-order chi connectivity index (χ1) is 15.6. The number of anilines is 1. The van der Waals surface area contributed by atoms with Gasteiger partial charge < -0.3 is 21.5 Å². The Hall–Kier alpha value is -3.82. The summed E-state index contributed by atoms with van der Waals surface area (Å²) in [4.78, 5) is 12.4. The van der Waals surface area contributed by atoms with E-state index in [2.05, 4.69) is 20.3 Å². The highest BCUT2D eigenvalue weighted by molar-refractivity contribution is 5.85. The van der Waals surface area contributed by atoms with Gasteiger partial charge in [0.25, 0.3) is 6.43 Å². The van der Waals surface area contributed by atoms with Crippen LogP contribution >= 0.6 is 0 Å². The molecule has 0 spiro atoms. The van der Waals surface area contributed by atoms with Crippen molar-refractivity contribution >= 4 is 5.95 Å². The van der Waals surface area contributed by atoms with Crippen LogP contribution in [0.4, 0.5) is 19.1 Å². The summed E-state index contributed by atoms with van der Waals surface area (Å²) in [6.45, 7) is 5.46. The van der Waals surface area contributed by atoms with Crippen molar-refractivity contribution in [2.45, 2.75) is 33.2 Å². The van der Waals surface area contributed by atoms with E-state index in [1.165, 1.54) is 30.3 Å². The summed E-state index contributed by atoms with van der Waals surface area (Å²) < 4.78 is 46.3. The van der Waals surface area contributed by atoms with Crippen LogP contribution < -0.4 is 21.5 Å². The van der Waals surface area contributed by atoms with Crippen molar-refractivity contribution in [1.82, 2.24) is 20.3 Å². The summed E-state index contributed by atoms with van der Waals surface area (Å²) in [7, 11) is 0. The van der Waals surface area contributed by atoms with Crippen molar-refractivity contribution in [1.29, 1.82) is 0 Å². The predicted octanol–water partition coefficient (Wildman–Crippen LogP) is 4.35. The molecular weight excluding hydrogens is 433 g/mol. The number of nitrogen functional groups attached to an aromatic ring is 1. The van der Waals surface area contributed by atoms with E-state index in [4.69, 9.17) is 16.2 Å². The van der Waals surface area contributed by atoms with Gasteiger partial charge in [-0.1, -0.05) is 0 Å². The van der Waals surface area contributed by atoms with E-state index in [-0.39, 0.29) is 24.5 Å². The largest absolute Gasteiger partial charge is 0.471 e. The average Bonchev–Trinajstić information content (AvgIpc) is 2.75. The topological polar surface area (TPSA) is 112 Å². The minimum Gasteiger partial charge on any atom is -0.471 e. The lowest BCUT2D eigenvalue weighted by Crippen LogP contribution is -2.20. The molecule has 3 aromatic rings. The Morgan fingerprint density at radius 2 is 1.79 bits per heavy atom. The summed E-state index contributed by atoms with van der Waals surface area (Å²) in [5, 5.41) is 3.06. The number of aryl methyl sites for hydroxylation is 1. The van der Waals surface area contributed by atoms with Crippen LogP contribution in [0.25, 0.3) is 22.4 Å². The summed E-state index contributed by atoms with van der Waals surface area (Å²) in [6, 6.07) is 8.57. The summed E-state index contributed by atoms with van der Waals surface area (Å²) in [5.41, 5.74) is 13.7. The fourth-order valence-electron chi connectivity index (χ4n) is 3.06. The average molecular weight is 458 g/mol. The van der Waals surface area contributed by atoms with Crippen molar-refractivity contribution < 1.29 is 17.9 Å². The molecule has 0 atom stereocenters. The number of hydrogen-bond acceptors (Lipinski definition) is 7. The van der Waals surface area contributed by atoms with Crippen molar-refractivity contribution in [3.05, 3.63) is 65.5 Å². The van der Waals surface area contributed by atoms with E-state index in [1.807, 2.05) is 13.8 Å². The maximum absolute atomic E-state index is 13.5. The number of nitrogens with one attached hydrogen (secondary N) is 1. The van der Waals surface area contributed by atoms with Crippen LogP contribution in [-0.4, -0.2) is 27.6 Å². The van der Waals surface area contributed by atoms with Crippen molar-refractivity contribution in [2.24, 2.45) is 5.73 Å². The van der Waals surface area contributed by atoms with Gasteiger partial charge in [0.05, 0.1) is 17.0 Å². The molecular formula is C23H25F3N6O. The molecule has 5 N–H and O–H groups in total. The van der Waals surface area contributed by atoms with E-state index >= 15 is 0 Å². The maximum atomic E-state index is 13.5. The maximum Gasteiger partial charge on any atom is 0.280 e. The number of pyridine rings is 1. The highest BCUT2D eigenvalue weighted by Crippen LogP contribution is 2.39. The third-order valence-corrected chi connectivity index (χ3v) is 4.47. The normalized spacial score (nSPS) is 11.8. The second-order valence-corrected chi connectivity index (χ2v) is 7.67. The van der Waals surface area contributed by atoms with Crippen LogP contribution in [0.3, 0.4) is 0 Å². The minimum absolute atomic E-state index is 0.0438. The molecule has 0 aliphatic rings. The summed E-state index contributed by atoms with van der Waals surface area (Å²) >= 11 is 0. The fourth-order valence-corrected chi connectivity index (χ4v) is 3.06. The highest BCUT2D eigenvalue weighted by atomic mass is 19.3. The molecule has 7 nitrogen and oxygen atoms in total. The molecule has 10 heteroatoms. The van der Waals surface area contributed by atoms with E-state index < -0.39 is 17.9 Å². The van der Waals surface area contributed by atoms with Gasteiger partial charge in [0.1, 0.15) is 18.1 Å². The van der Waals surface area contributed by atoms with Gasteiger partial charge >= 0.3 is 0 Å². The number of alkyl halides is 2. The van der Waals surface area contributed by atoms with Crippen LogP contribution in [0.2, 0.25) is 0 Å². The fraction of sp³-hybridized carbons (Fsp3) is 0.261. The van der Waals surface area contributed by atoms with E-state index in [0.29, 0.717) is 33.8 Å². The van der Waals surface area contributed by atoms with Gasteiger partial charge in [-0.2, -0.15) is 4.98 Å². The summed E-state index contributed by atoms with van der Waals surface area (Å²) in [5.74, 6) is -0.488. The van der Waals surface area contributed by atoms with Gasteiger partial charge in [0.2, 0.25) is 11.8 Å². The van der Waals surface area contributed by atoms with E-state index in [9.17, 15) is 13.2 Å². The Labute approximate surface area is 189 Å². The third kappa shape index (κ3) is 6.12. The molecule has 0 aliphatic heterocycles. The molecule has 0 saturated heterocycles. The predicted molar refractivity (Wildman–Crippen MR) is 121 cm³/mol. The van der Waals surface area contributed by atoms with Crippen LogP contribution in [-0.2, 0) is 0 Å². The molecule has 3 rings (SSSR count). The SMILES string of the molecule is Cc1cc(-c2c(OC/C(N)=C/NC(C)C)nc(N)nc2-c2ccc(F)cc2)cc(C(F)F)n1. The Morgan fingerprint density at radius 1 is 1.09 bits per heavy atom. The van der Waals surface area contributed by atoms with Crippen LogP contribution in [0.15, 0.2) is 48.3 Å². The molecule has 2 heterocycles. The molecule has 1 aromatic carbocycles. The molecule has 0 bridgehead atoms. The zero-order valence-electron chi connectivity index (χ0n) is 18.4. The molecule has 0 unspecified atom stereocenters. The van der Waals surface area contributed by atoms with Gasteiger partial charge in [-0.05, 0) is 62.7 Å². The molecule has 174 valence electrons. The summed E-state index contributed by atoms with van der Waals surface area (Å²) in [6.07, 6.45) is -1.17. The Bertz CT molecular complexity index is 1150. The lowest BCUT2D eigenvalue weighted by atomic mass is 9.99. The molecule has 0 saturated carbocycles. The molecule has 0 amide bonds. The number of hydrogen-bond donors (Lipinski definition) is 3. The zero-order valence-corrected chi connectivity index (χ0v) is 18.4. The van der Waals surface area contributed by atoms with Gasteiger partial charge in [0.15, 0.2) is 0 Å². The van der Waals surface area contributed by atoms with Gasteiger partial charge in [-0.15, -0.1) is 0 Å². The zero-order chi connectivity index (χ0) is 24.1. The lowest BCUT2D eigenvalue weighted by molar-refractivity contribution is 0.146. The minimum atomic E-state index is -2.78. The second kappa shape index (κ2) is 10.2. The first-order valence-corrected chi connectivity index (χ1v) is 10.2. The number of rotatable bonds is 8. The Balaban J connectivity index is 2.17. The van der Waals surface area contributed by atoms with Crippen LogP contribution in [0.1, 0.15) is 31.7 Å². The number of nitrogens with two attached hydrogens (primary N) is 2. The second-order valence-electron chi connectivity index (χ2n) is 7.67. The number of aromatic nitrogens is 3. The van der Waals surface area contributed by atoms with Gasteiger partial charge in [-0.25, -0.2) is 18.2 Å². The molecule has 0 radical (unpaired) electrons. The monoisotopic (exact) mass is 458 g/mol. The van der Waals surface area contributed by atoms with Crippen LogP contribution in [0.5, 0.6) is 5.88 Å². The van der Waals surface area contributed by atoms with Crippen molar-refractivity contribution in [3.8, 4) is 28.3 Å². The Morgan fingerprint density at radius 3 is 2.42 bits per heavy atom. The number of benzene rings is 1. The van der Waals surface area contributed by atoms with Crippen molar-refractivity contribution in [3.63, 3.8) is 0 Å². The highest BCUT2D eigenvalue weighted by Gasteiger charge is 2.21. The van der Waals surface area contributed by atoms with E-state index in [0.717, 1.165) is 0 Å². The van der Waals surface area contributed by atoms with Crippen molar-refractivity contribution in [2.75, 3.05) is 12.3 Å². The molecule has 0 fully saturated rings. The van der Waals surface area contributed by atoms with Crippen LogP contribution in [0, 0.1) is 12.7 Å². The third-order valence-electron chi connectivity index (χ3n) is 4.47. The standard InChI is InChI=1S/C23H25F3N6O/c1-12(2)29-10-17(27)11-33-22-19(15-8-13(3)30-18(9-15)21(25)26)20(31-23(28)32-22)14-4-6-16(24)7-5-14/h4-10,12,21,29H,11,27H2,1-3H3,(H2,28,31,32)/b17-10-. The van der Waals surface area contributed by atoms with Gasteiger partial charge in [-0.3, -0.25) is 4.98 Å². The molecule has 0 aliphatic carbocycles. The van der Waals surface area contributed by atoms with E-state index in [1.54, 1.807) is 19.2 Å². The quantitative estimate of drug-likeness (QED) is 0.460. The van der Waals surface area contributed by atoms with Gasteiger partial charge in [0, 0.05) is 23.5 Å². The molecule has 33 heavy (non-hydrogen) atoms. The first kappa shape index (κ1) is 23.8. The molecule has 2 aromatic heterocycles.